The Morgan fingerprint density at radius 3 is 2.58 bits per heavy atom. The van der Waals surface area contributed by atoms with Gasteiger partial charge in [0.1, 0.15) is 5.69 Å². The predicted molar refractivity (Wildman–Crippen MR) is 90.0 cm³/mol. The quantitative estimate of drug-likeness (QED) is 0.690. The minimum Gasteiger partial charge on any atom is -0.479 e. The lowest BCUT2D eigenvalue weighted by Gasteiger charge is -2.13. The third kappa shape index (κ3) is 3.35. The molecule has 0 unspecified atom stereocenters. The number of hydrogen-bond acceptors (Lipinski definition) is 7. The maximum Gasteiger partial charge on any atom is 0.360 e. The number of esters is 1. The summed E-state index contributed by atoms with van der Waals surface area (Å²) in [6.07, 6.45) is 1.53. The van der Waals surface area contributed by atoms with Gasteiger partial charge < -0.3 is 14.2 Å². The molecule has 0 aromatic carbocycles. The predicted octanol–water partition coefficient (Wildman–Crippen LogP) is 2.74. The Bertz CT molecular complexity index is 745. The molecule has 0 radical (unpaired) electrons. The lowest BCUT2D eigenvalue weighted by Crippen LogP contribution is -2.10. The first-order chi connectivity index (χ1) is 11.4. The van der Waals surface area contributed by atoms with Gasteiger partial charge in [-0.05, 0) is 28.8 Å². The highest BCUT2D eigenvalue weighted by molar-refractivity contribution is 9.10. The molecule has 0 N–H and O–H groups in total. The maximum atomic E-state index is 12.1. The van der Waals surface area contributed by atoms with Gasteiger partial charge in [0.15, 0.2) is 5.69 Å². The van der Waals surface area contributed by atoms with Crippen LogP contribution in [-0.4, -0.2) is 46.5 Å². The smallest absolute Gasteiger partial charge is 0.360 e. The summed E-state index contributed by atoms with van der Waals surface area (Å²) in [5.41, 5.74) is 1.47. The summed E-state index contributed by atoms with van der Waals surface area (Å²) in [5, 5.41) is 4.38. The number of halogens is 1. The highest BCUT2D eigenvalue weighted by atomic mass is 79.9. The first kappa shape index (κ1) is 18.2. The topological polar surface area (TPSA) is 88.4 Å². The van der Waals surface area contributed by atoms with Gasteiger partial charge in [-0.3, -0.25) is 0 Å². The van der Waals surface area contributed by atoms with Crippen LogP contribution in [0.25, 0.3) is 5.69 Å². The molecule has 2 rings (SSSR count). The van der Waals surface area contributed by atoms with Gasteiger partial charge >= 0.3 is 12.0 Å². The van der Waals surface area contributed by atoms with Gasteiger partial charge in [-0.1, -0.05) is 13.8 Å². The van der Waals surface area contributed by atoms with Crippen LogP contribution in [0.15, 0.2) is 10.7 Å². The molecular weight excluding hydrogens is 380 g/mol. The summed E-state index contributed by atoms with van der Waals surface area (Å²) in [6.45, 7) is 5.99. The summed E-state index contributed by atoms with van der Waals surface area (Å²) < 4.78 is 17.5. The molecule has 0 aliphatic carbocycles. The Morgan fingerprint density at radius 1 is 1.33 bits per heavy atom. The lowest BCUT2D eigenvalue weighted by atomic mass is 10.1. The number of carbonyl (C=O) groups is 1. The van der Waals surface area contributed by atoms with E-state index in [2.05, 4.69) is 31.0 Å². The summed E-state index contributed by atoms with van der Waals surface area (Å²) in [4.78, 5) is 20.4. The average Bonchev–Trinajstić information content (AvgIpc) is 2.91. The fraction of sp³-hybridized carbons (Fsp3) is 0.467. The number of methoxy groups -OCH3 is 2. The summed E-state index contributed by atoms with van der Waals surface area (Å²) in [5.74, 6) is -0.144. The third-order valence-electron chi connectivity index (χ3n) is 3.19. The molecule has 0 aliphatic rings. The van der Waals surface area contributed by atoms with Crippen molar-refractivity contribution in [2.45, 2.75) is 26.7 Å². The molecule has 0 amide bonds. The van der Waals surface area contributed by atoms with E-state index in [0.717, 1.165) is 5.69 Å². The Morgan fingerprint density at radius 2 is 2.04 bits per heavy atom. The molecule has 0 spiro atoms. The van der Waals surface area contributed by atoms with Crippen LogP contribution < -0.4 is 9.47 Å². The van der Waals surface area contributed by atoms with Crippen molar-refractivity contribution in [2.75, 3.05) is 20.8 Å². The van der Waals surface area contributed by atoms with Crippen molar-refractivity contribution in [1.82, 2.24) is 19.7 Å². The number of ether oxygens (including phenoxy) is 3. The SMILES string of the molecule is CCOC(=O)c1nn(-c2cnc(OC)nc2OC)c(C(C)C)c1Br. The molecule has 2 aromatic heterocycles. The summed E-state index contributed by atoms with van der Waals surface area (Å²) in [7, 11) is 2.96. The number of nitrogens with zero attached hydrogens (tertiary/aromatic N) is 4. The molecule has 0 fully saturated rings. The van der Waals surface area contributed by atoms with Crippen LogP contribution >= 0.6 is 15.9 Å². The maximum absolute atomic E-state index is 12.1. The second-order valence-electron chi connectivity index (χ2n) is 5.09. The van der Waals surface area contributed by atoms with E-state index in [4.69, 9.17) is 14.2 Å². The number of carbonyl (C=O) groups excluding carboxylic acids is 1. The number of rotatable bonds is 6. The van der Waals surface area contributed by atoms with Crippen LogP contribution in [0.5, 0.6) is 11.9 Å². The van der Waals surface area contributed by atoms with Gasteiger partial charge in [0.05, 0.1) is 37.2 Å². The Balaban J connectivity index is 2.65. The first-order valence-electron chi connectivity index (χ1n) is 7.35. The zero-order chi connectivity index (χ0) is 17.9. The van der Waals surface area contributed by atoms with Gasteiger partial charge in [-0.2, -0.15) is 10.1 Å². The normalized spacial score (nSPS) is 10.8. The second kappa shape index (κ2) is 7.61. The van der Waals surface area contributed by atoms with E-state index in [1.54, 1.807) is 11.6 Å². The van der Waals surface area contributed by atoms with Crippen LogP contribution in [0.4, 0.5) is 0 Å². The molecule has 0 saturated carbocycles. The molecule has 0 aliphatic heterocycles. The fourth-order valence-electron chi connectivity index (χ4n) is 2.16. The molecule has 2 heterocycles. The van der Waals surface area contributed by atoms with E-state index in [9.17, 15) is 4.79 Å². The Kier molecular flexibility index (Phi) is 5.76. The van der Waals surface area contributed by atoms with Gasteiger partial charge in [0, 0.05) is 0 Å². The molecule has 24 heavy (non-hydrogen) atoms. The van der Waals surface area contributed by atoms with E-state index in [0.29, 0.717) is 10.2 Å². The number of hydrogen-bond donors (Lipinski definition) is 0. The molecule has 8 nitrogen and oxygen atoms in total. The first-order valence-corrected chi connectivity index (χ1v) is 8.14. The van der Waals surface area contributed by atoms with Crippen LogP contribution in [0.3, 0.4) is 0 Å². The highest BCUT2D eigenvalue weighted by Crippen LogP contribution is 2.33. The Labute approximate surface area is 148 Å². The van der Waals surface area contributed by atoms with Crippen molar-refractivity contribution >= 4 is 21.9 Å². The van der Waals surface area contributed by atoms with Crippen LogP contribution in [-0.2, 0) is 4.74 Å². The van der Waals surface area contributed by atoms with Crippen molar-refractivity contribution in [3.63, 3.8) is 0 Å². The van der Waals surface area contributed by atoms with Crippen molar-refractivity contribution in [3.05, 3.63) is 22.1 Å². The van der Waals surface area contributed by atoms with Crippen LogP contribution in [0, 0.1) is 0 Å². The Hall–Kier alpha value is -2.16. The van der Waals surface area contributed by atoms with E-state index in [-0.39, 0.29) is 30.1 Å². The number of aromatic nitrogens is 4. The zero-order valence-corrected chi connectivity index (χ0v) is 15.7. The van der Waals surface area contributed by atoms with Crippen LogP contribution in [0.1, 0.15) is 42.9 Å². The van der Waals surface area contributed by atoms with Gasteiger partial charge in [-0.25, -0.2) is 14.5 Å². The van der Waals surface area contributed by atoms with E-state index in [1.807, 2.05) is 13.8 Å². The molecule has 0 atom stereocenters. The van der Waals surface area contributed by atoms with Crippen molar-refractivity contribution in [3.8, 4) is 17.6 Å². The molecule has 2 aromatic rings. The molecular formula is C15H19BrN4O4. The van der Waals surface area contributed by atoms with Gasteiger partial charge in [-0.15, -0.1) is 0 Å². The van der Waals surface area contributed by atoms with E-state index in [1.165, 1.54) is 20.4 Å². The van der Waals surface area contributed by atoms with E-state index >= 15 is 0 Å². The minimum atomic E-state index is -0.501. The second-order valence-corrected chi connectivity index (χ2v) is 5.88. The van der Waals surface area contributed by atoms with Gasteiger partial charge in [0.2, 0.25) is 5.88 Å². The summed E-state index contributed by atoms with van der Waals surface area (Å²) in [6, 6.07) is 0.179. The molecule has 130 valence electrons. The molecule has 0 bridgehead atoms. The largest absolute Gasteiger partial charge is 0.479 e. The molecule has 0 saturated heterocycles. The minimum absolute atomic E-state index is 0.0712. The van der Waals surface area contributed by atoms with Crippen molar-refractivity contribution in [2.24, 2.45) is 0 Å². The van der Waals surface area contributed by atoms with E-state index < -0.39 is 5.97 Å². The summed E-state index contributed by atoms with van der Waals surface area (Å²) >= 11 is 3.45. The van der Waals surface area contributed by atoms with Gasteiger partial charge in [0.25, 0.3) is 0 Å². The van der Waals surface area contributed by atoms with Crippen molar-refractivity contribution < 1.29 is 19.0 Å². The lowest BCUT2D eigenvalue weighted by molar-refractivity contribution is 0.0518. The molecule has 9 heteroatoms. The van der Waals surface area contributed by atoms with Crippen LogP contribution in [0.2, 0.25) is 0 Å². The average molecular weight is 399 g/mol. The van der Waals surface area contributed by atoms with Crippen molar-refractivity contribution in [1.29, 1.82) is 0 Å². The standard InChI is InChI=1S/C15H19BrN4O4/c1-6-24-14(21)11-10(16)12(8(2)3)20(19-11)9-7-17-15(23-5)18-13(9)22-4/h7-8H,6H2,1-5H3. The monoisotopic (exact) mass is 398 g/mol. The highest BCUT2D eigenvalue weighted by Gasteiger charge is 2.26. The third-order valence-corrected chi connectivity index (χ3v) is 3.98. The zero-order valence-electron chi connectivity index (χ0n) is 14.2. The fourth-order valence-corrected chi connectivity index (χ4v) is 3.03.